The van der Waals surface area contributed by atoms with Gasteiger partial charge in [0.1, 0.15) is 0 Å². The van der Waals surface area contributed by atoms with Crippen molar-refractivity contribution in [2.45, 2.75) is 38.5 Å². The molecule has 0 amide bonds. The quantitative estimate of drug-likeness (QED) is 0.0285. The second kappa shape index (κ2) is 59.8. The summed E-state index contributed by atoms with van der Waals surface area (Å²) in [6.07, 6.45) is 6.51. The van der Waals surface area contributed by atoms with Gasteiger partial charge in [-0.05, 0) is 117 Å². The minimum Gasteiger partial charge on any atom is -0.330 e. The Labute approximate surface area is 283 Å². The molecule has 0 fully saturated rings. The van der Waals surface area contributed by atoms with Gasteiger partial charge in [-0.1, -0.05) is 0 Å². The average molecular weight is 669 g/mol. The van der Waals surface area contributed by atoms with Gasteiger partial charge in [-0.2, -0.15) is 0 Å². The Balaban J connectivity index is -0.000000256. The van der Waals surface area contributed by atoms with Crippen LogP contribution in [0.25, 0.3) is 0 Å². The maximum Gasteiger partial charge on any atom is 0.00767 e. The van der Waals surface area contributed by atoms with E-state index in [1.165, 1.54) is 0 Å². The molecule has 0 bridgehead atoms. The number of rotatable bonds is 34. The highest BCUT2D eigenvalue weighted by atomic mass is 14.9. The van der Waals surface area contributed by atoms with Crippen molar-refractivity contribution in [2.75, 3.05) is 157 Å². The monoisotopic (exact) mass is 669 g/mol. The molecule has 0 radical (unpaired) electrons. The summed E-state index contributed by atoms with van der Waals surface area (Å²) in [5.41, 5.74) is 42.5. The molecule has 0 saturated carbocycles. The predicted molar refractivity (Wildman–Crippen MR) is 203 cm³/mol. The number of hydrogen-bond donors (Lipinski definition) is 16. The van der Waals surface area contributed by atoms with Crippen LogP contribution in [0.1, 0.15) is 38.5 Å². The maximum atomic E-state index is 5.34. The molecule has 0 atom stereocenters. The summed E-state index contributed by atoms with van der Waals surface area (Å²) >= 11 is 0. The molecule has 0 aliphatic carbocycles. The van der Waals surface area contributed by atoms with Crippen LogP contribution in [0.5, 0.6) is 0 Å². The van der Waals surface area contributed by atoms with Crippen LogP contribution in [0, 0.1) is 0 Å². The van der Waals surface area contributed by atoms with Crippen molar-refractivity contribution in [1.82, 2.24) is 42.5 Å². The van der Waals surface area contributed by atoms with Crippen LogP contribution in [-0.2, 0) is 0 Å². The molecule has 0 rings (SSSR count). The molecule has 46 heavy (non-hydrogen) atoms. The van der Waals surface area contributed by atoms with Crippen molar-refractivity contribution >= 4 is 0 Å². The van der Waals surface area contributed by atoms with E-state index >= 15 is 0 Å². The zero-order valence-electron chi connectivity index (χ0n) is 29.8. The van der Waals surface area contributed by atoms with Gasteiger partial charge < -0.3 is 88.4 Å². The number of nitrogens with two attached hydrogens (primary N) is 8. The summed E-state index contributed by atoms with van der Waals surface area (Å²) in [6.45, 7) is 21.9. The molecule has 0 aromatic carbocycles. The standard InChI is InChI=1S/2C8H22N4.2C7H20N4/c2*9-3-1-5-11-7-8-12-6-2-4-10;2*8-2-6-10-4-1-5-11-7-3-9/h2*11-12H,1-10H2;2*10-11H,1-9H2. The minimum absolute atomic E-state index is 0.718. The highest BCUT2D eigenvalue weighted by Crippen LogP contribution is 1.73. The van der Waals surface area contributed by atoms with E-state index in [-0.39, 0.29) is 0 Å². The van der Waals surface area contributed by atoms with Crippen molar-refractivity contribution in [2.24, 2.45) is 45.9 Å². The van der Waals surface area contributed by atoms with Gasteiger partial charge in [-0.25, -0.2) is 0 Å². The summed E-state index contributed by atoms with van der Waals surface area (Å²) in [5, 5.41) is 26.0. The van der Waals surface area contributed by atoms with Crippen LogP contribution in [0.3, 0.4) is 0 Å². The fourth-order valence-electron chi connectivity index (χ4n) is 3.35. The second-order valence-electron chi connectivity index (χ2n) is 10.4. The Morgan fingerprint density at radius 3 is 0.522 bits per heavy atom. The van der Waals surface area contributed by atoms with Gasteiger partial charge in [-0.15, -0.1) is 0 Å². The molecular weight excluding hydrogens is 584 g/mol. The van der Waals surface area contributed by atoms with Crippen molar-refractivity contribution in [3.63, 3.8) is 0 Å². The molecule has 0 aromatic rings. The highest BCUT2D eigenvalue weighted by molar-refractivity contribution is 4.55. The highest BCUT2D eigenvalue weighted by Gasteiger charge is 1.89. The third-order valence-corrected chi connectivity index (χ3v) is 5.89. The minimum atomic E-state index is 0.718. The first-order valence-corrected chi connectivity index (χ1v) is 17.9. The maximum absolute atomic E-state index is 5.34. The summed E-state index contributed by atoms with van der Waals surface area (Å²) < 4.78 is 0. The first-order chi connectivity index (χ1) is 22.7. The lowest BCUT2D eigenvalue weighted by Gasteiger charge is -2.04. The molecule has 0 aliphatic rings. The van der Waals surface area contributed by atoms with E-state index in [1.807, 2.05) is 0 Å². The van der Waals surface area contributed by atoms with Crippen molar-refractivity contribution in [3.05, 3.63) is 0 Å². The van der Waals surface area contributed by atoms with Crippen molar-refractivity contribution in [3.8, 4) is 0 Å². The molecule has 16 heteroatoms. The molecule has 0 aromatic heterocycles. The van der Waals surface area contributed by atoms with Crippen LogP contribution in [-0.4, -0.2) is 157 Å². The van der Waals surface area contributed by atoms with Gasteiger partial charge in [0.15, 0.2) is 0 Å². The third kappa shape index (κ3) is 69.9. The van der Waals surface area contributed by atoms with Crippen molar-refractivity contribution in [1.29, 1.82) is 0 Å². The lowest BCUT2D eigenvalue weighted by Crippen LogP contribution is -2.29. The summed E-state index contributed by atoms with van der Waals surface area (Å²) in [5.74, 6) is 0. The average Bonchev–Trinajstić information content (AvgIpc) is 3.07. The Bertz CT molecular complexity index is 368. The van der Waals surface area contributed by atoms with Crippen LogP contribution in [0.15, 0.2) is 0 Å². The van der Waals surface area contributed by atoms with E-state index in [4.69, 9.17) is 45.9 Å². The molecule has 0 heterocycles. The van der Waals surface area contributed by atoms with Gasteiger partial charge in [0.2, 0.25) is 0 Å². The van der Waals surface area contributed by atoms with Gasteiger partial charge in [-0.3, -0.25) is 0 Å². The van der Waals surface area contributed by atoms with Crippen LogP contribution in [0.2, 0.25) is 0 Å². The zero-order valence-corrected chi connectivity index (χ0v) is 29.8. The topological polar surface area (TPSA) is 304 Å². The zero-order chi connectivity index (χ0) is 34.9. The number of hydrogen-bond acceptors (Lipinski definition) is 16. The SMILES string of the molecule is NCCCNCCNCCCN.NCCCNCCNCCCN.NCCNCCCNCCN.NCCNCCCNCCN. The molecule has 284 valence electrons. The number of nitrogens with one attached hydrogen (secondary N) is 8. The smallest absolute Gasteiger partial charge is 0.00767 e. The van der Waals surface area contributed by atoms with E-state index in [9.17, 15) is 0 Å². The van der Waals surface area contributed by atoms with Crippen LogP contribution in [0.4, 0.5) is 0 Å². The largest absolute Gasteiger partial charge is 0.330 e. The van der Waals surface area contributed by atoms with E-state index in [0.717, 1.165) is 196 Å². The lowest BCUT2D eigenvalue weighted by molar-refractivity contribution is 0.590. The molecule has 16 nitrogen and oxygen atoms in total. The first-order valence-electron chi connectivity index (χ1n) is 17.9. The second-order valence-corrected chi connectivity index (χ2v) is 10.4. The van der Waals surface area contributed by atoms with Gasteiger partial charge >= 0.3 is 0 Å². The van der Waals surface area contributed by atoms with E-state index in [2.05, 4.69) is 42.5 Å². The fraction of sp³-hybridized carbons (Fsp3) is 1.00. The third-order valence-electron chi connectivity index (χ3n) is 5.89. The Morgan fingerprint density at radius 2 is 0.348 bits per heavy atom. The summed E-state index contributed by atoms with van der Waals surface area (Å²) in [6, 6.07) is 0. The molecule has 24 N–H and O–H groups in total. The van der Waals surface area contributed by atoms with E-state index in [1.54, 1.807) is 0 Å². The van der Waals surface area contributed by atoms with Crippen molar-refractivity contribution < 1.29 is 0 Å². The molecule has 0 aliphatic heterocycles. The summed E-state index contributed by atoms with van der Waals surface area (Å²) in [7, 11) is 0. The Kier molecular flexibility index (Phi) is 67.8. The molecular formula is C30H84N16. The van der Waals surface area contributed by atoms with Gasteiger partial charge in [0, 0.05) is 78.5 Å². The normalized spacial score (nSPS) is 10.4. The molecule has 0 saturated heterocycles. The van der Waals surface area contributed by atoms with Gasteiger partial charge in [0.25, 0.3) is 0 Å². The van der Waals surface area contributed by atoms with Crippen LogP contribution < -0.4 is 88.4 Å². The Morgan fingerprint density at radius 1 is 0.174 bits per heavy atom. The van der Waals surface area contributed by atoms with Gasteiger partial charge in [0.05, 0.1) is 0 Å². The molecule has 0 unspecified atom stereocenters. The first kappa shape index (κ1) is 52.2. The molecule has 0 spiro atoms. The van der Waals surface area contributed by atoms with E-state index in [0.29, 0.717) is 0 Å². The fourth-order valence-corrected chi connectivity index (χ4v) is 3.35. The predicted octanol–water partition coefficient (Wildman–Crippen LogP) is -5.33. The Hall–Kier alpha value is -0.640. The lowest BCUT2D eigenvalue weighted by atomic mass is 10.4. The summed E-state index contributed by atoms with van der Waals surface area (Å²) in [4.78, 5) is 0. The van der Waals surface area contributed by atoms with E-state index < -0.39 is 0 Å². The van der Waals surface area contributed by atoms with Crippen LogP contribution >= 0.6 is 0 Å².